The van der Waals surface area contributed by atoms with Crippen molar-refractivity contribution in [3.05, 3.63) is 42.5 Å². The highest BCUT2D eigenvalue weighted by Crippen LogP contribution is 2.36. The lowest BCUT2D eigenvalue weighted by Crippen LogP contribution is -1.80. The van der Waals surface area contributed by atoms with Gasteiger partial charge in [0.2, 0.25) is 0 Å². The van der Waals surface area contributed by atoms with E-state index in [9.17, 15) is 10.2 Å². The van der Waals surface area contributed by atoms with Crippen LogP contribution in [0.2, 0.25) is 0 Å². The van der Waals surface area contributed by atoms with Crippen molar-refractivity contribution in [2.24, 2.45) is 0 Å². The lowest BCUT2D eigenvalue weighted by atomic mass is 10.0. The van der Waals surface area contributed by atoms with Gasteiger partial charge in [-0.2, -0.15) is 0 Å². The van der Waals surface area contributed by atoms with Gasteiger partial charge in [0.05, 0.1) is 0 Å². The molecule has 0 saturated carbocycles. The SMILES string of the molecule is Oc1ccc(-c2ccc[c]c2O)c(O)c1. The van der Waals surface area contributed by atoms with E-state index >= 15 is 0 Å². The monoisotopic (exact) mass is 201 g/mol. The van der Waals surface area contributed by atoms with E-state index in [1.165, 1.54) is 18.2 Å². The van der Waals surface area contributed by atoms with E-state index in [1.807, 2.05) is 0 Å². The van der Waals surface area contributed by atoms with Gasteiger partial charge < -0.3 is 15.3 Å². The van der Waals surface area contributed by atoms with Crippen molar-refractivity contribution in [1.29, 1.82) is 0 Å². The molecule has 0 spiro atoms. The maximum Gasteiger partial charge on any atom is 0.131 e. The second-order valence-corrected chi connectivity index (χ2v) is 3.13. The van der Waals surface area contributed by atoms with Gasteiger partial charge in [0, 0.05) is 23.3 Å². The van der Waals surface area contributed by atoms with Crippen LogP contribution in [0.4, 0.5) is 0 Å². The highest BCUT2D eigenvalue weighted by Gasteiger charge is 2.08. The summed E-state index contributed by atoms with van der Waals surface area (Å²) in [6.45, 7) is 0. The zero-order valence-electron chi connectivity index (χ0n) is 7.81. The van der Waals surface area contributed by atoms with Gasteiger partial charge >= 0.3 is 0 Å². The van der Waals surface area contributed by atoms with Gasteiger partial charge in [0.25, 0.3) is 0 Å². The van der Waals surface area contributed by atoms with Crippen molar-refractivity contribution in [3.8, 4) is 28.4 Å². The lowest BCUT2D eigenvalue weighted by Gasteiger charge is -2.06. The summed E-state index contributed by atoms with van der Waals surface area (Å²) in [7, 11) is 0. The normalized spacial score (nSPS) is 10.1. The number of hydrogen-bond donors (Lipinski definition) is 3. The van der Waals surface area contributed by atoms with Crippen LogP contribution in [0, 0.1) is 6.07 Å². The Morgan fingerprint density at radius 1 is 0.933 bits per heavy atom. The van der Waals surface area contributed by atoms with E-state index < -0.39 is 0 Å². The lowest BCUT2D eigenvalue weighted by molar-refractivity contribution is 0.450. The molecule has 3 nitrogen and oxygen atoms in total. The standard InChI is InChI=1S/C12H9O3/c13-8-5-6-10(12(15)7-8)9-3-1-2-4-11(9)14/h1-3,5-7,13-15H. The molecule has 0 fully saturated rings. The summed E-state index contributed by atoms with van der Waals surface area (Å²) in [6.07, 6.45) is 0. The second-order valence-electron chi connectivity index (χ2n) is 3.13. The number of aromatic hydroxyl groups is 3. The van der Waals surface area contributed by atoms with Crippen LogP contribution in [0.5, 0.6) is 17.2 Å². The first-order valence-electron chi connectivity index (χ1n) is 4.40. The number of rotatable bonds is 1. The molecule has 3 heteroatoms. The minimum absolute atomic E-state index is 0.0179. The zero-order valence-corrected chi connectivity index (χ0v) is 7.81. The summed E-state index contributed by atoms with van der Waals surface area (Å²) < 4.78 is 0. The highest BCUT2D eigenvalue weighted by molar-refractivity contribution is 5.75. The molecule has 0 saturated heterocycles. The summed E-state index contributed by atoms with van der Waals surface area (Å²) in [4.78, 5) is 0. The summed E-state index contributed by atoms with van der Waals surface area (Å²) in [6, 6.07) is 11.8. The average Bonchev–Trinajstić information content (AvgIpc) is 2.20. The number of phenols is 3. The Morgan fingerprint density at radius 2 is 1.73 bits per heavy atom. The van der Waals surface area contributed by atoms with Crippen LogP contribution in [0.3, 0.4) is 0 Å². The van der Waals surface area contributed by atoms with Gasteiger partial charge in [-0.15, -0.1) is 0 Å². The Kier molecular flexibility index (Phi) is 2.21. The van der Waals surface area contributed by atoms with Gasteiger partial charge in [0.1, 0.15) is 17.2 Å². The molecule has 15 heavy (non-hydrogen) atoms. The van der Waals surface area contributed by atoms with Crippen molar-refractivity contribution in [1.82, 2.24) is 0 Å². The van der Waals surface area contributed by atoms with Crippen LogP contribution in [0.15, 0.2) is 36.4 Å². The van der Waals surface area contributed by atoms with Gasteiger partial charge in [-0.25, -0.2) is 0 Å². The van der Waals surface area contributed by atoms with E-state index in [0.717, 1.165) is 0 Å². The molecule has 0 aliphatic rings. The van der Waals surface area contributed by atoms with Gasteiger partial charge in [0.15, 0.2) is 0 Å². The summed E-state index contributed by atoms with van der Waals surface area (Å²) in [5.41, 5.74) is 0.942. The fraction of sp³-hybridized carbons (Fsp3) is 0. The summed E-state index contributed by atoms with van der Waals surface area (Å²) in [5.74, 6) is -0.126. The average molecular weight is 201 g/mol. The Labute approximate surface area is 86.9 Å². The number of hydrogen-bond acceptors (Lipinski definition) is 3. The molecular weight excluding hydrogens is 192 g/mol. The Bertz CT molecular complexity index is 492. The first-order valence-corrected chi connectivity index (χ1v) is 4.40. The predicted octanol–water partition coefficient (Wildman–Crippen LogP) is 2.27. The first kappa shape index (κ1) is 9.40. The molecule has 0 unspecified atom stereocenters. The Hall–Kier alpha value is -2.16. The number of benzene rings is 2. The molecule has 0 aromatic heterocycles. The van der Waals surface area contributed by atoms with Crippen LogP contribution >= 0.6 is 0 Å². The van der Waals surface area contributed by atoms with Crippen LogP contribution in [0.25, 0.3) is 11.1 Å². The molecule has 0 atom stereocenters. The molecule has 1 radical (unpaired) electrons. The molecule has 75 valence electrons. The van der Waals surface area contributed by atoms with Gasteiger partial charge in [-0.3, -0.25) is 0 Å². The molecule has 0 heterocycles. The van der Waals surface area contributed by atoms with Gasteiger partial charge in [-0.1, -0.05) is 18.2 Å². The highest BCUT2D eigenvalue weighted by atomic mass is 16.3. The van der Waals surface area contributed by atoms with E-state index in [-0.39, 0.29) is 17.2 Å². The van der Waals surface area contributed by atoms with Crippen molar-refractivity contribution < 1.29 is 15.3 Å². The molecule has 0 bridgehead atoms. The third kappa shape index (κ3) is 1.72. The molecule has 0 aliphatic heterocycles. The first-order chi connectivity index (χ1) is 7.18. The van der Waals surface area contributed by atoms with E-state index in [0.29, 0.717) is 11.1 Å². The maximum absolute atomic E-state index is 9.58. The fourth-order valence-corrected chi connectivity index (χ4v) is 1.39. The molecule has 2 aromatic rings. The smallest absolute Gasteiger partial charge is 0.131 e. The zero-order chi connectivity index (χ0) is 10.8. The molecule has 3 N–H and O–H groups in total. The van der Waals surface area contributed by atoms with Crippen LogP contribution < -0.4 is 0 Å². The maximum atomic E-state index is 9.58. The number of phenolic OH excluding ortho intramolecular Hbond substituents is 3. The molecular formula is C12H9O3. The minimum atomic E-state index is -0.0788. The van der Waals surface area contributed by atoms with Crippen LogP contribution in [-0.2, 0) is 0 Å². The summed E-state index contributed by atoms with van der Waals surface area (Å²) in [5, 5.41) is 28.2. The quantitative estimate of drug-likeness (QED) is 0.663. The third-order valence-corrected chi connectivity index (χ3v) is 2.11. The van der Waals surface area contributed by atoms with Crippen LogP contribution in [-0.4, -0.2) is 15.3 Å². The predicted molar refractivity (Wildman–Crippen MR) is 55.7 cm³/mol. The van der Waals surface area contributed by atoms with Crippen molar-refractivity contribution in [2.45, 2.75) is 0 Å². The molecule has 2 aromatic carbocycles. The van der Waals surface area contributed by atoms with Crippen molar-refractivity contribution >= 4 is 0 Å². The largest absolute Gasteiger partial charge is 0.508 e. The fourth-order valence-electron chi connectivity index (χ4n) is 1.39. The second kappa shape index (κ2) is 3.53. The number of para-hydroxylation sites is 1. The Balaban J connectivity index is 2.60. The van der Waals surface area contributed by atoms with E-state index in [4.69, 9.17) is 5.11 Å². The summed E-state index contributed by atoms with van der Waals surface area (Å²) >= 11 is 0. The molecule has 0 aliphatic carbocycles. The van der Waals surface area contributed by atoms with Gasteiger partial charge in [-0.05, 0) is 12.1 Å². The minimum Gasteiger partial charge on any atom is -0.508 e. The van der Waals surface area contributed by atoms with Crippen molar-refractivity contribution in [2.75, 3.05) is 0 Å². The topological polar surface area (TPSA) is 60.7 Å². The van der Waals surface area contributed by atoms with Crippen LogP contribution in [0.1, 0.15) is 0 Å². The Morgan fingerprint density at radius 3 is 2.40 bits per heavy atom. The van der Waals surface area contributed by atoms with E-state index in [2.05, 4.69) is 6.07 Å². The molecule has 0 amide bonds. The van der Waals surface area contributed by atoms with Crippen molar-refractivity contribution in [3.63, 3.8) is 0 Å². The van der Waals surface area contributed by atoms with E-state index in [1.54, 1.807) is 18.2 Å². The molecule has 2 rings (SSSR count). The third-order valence-electron chi connectivity index (χ3n) is 2.11.